The third-order valence-electron chi connectivity index (χ3n) is 2.45. The zero-order valence-electron chi connectivity index (χ0n) is 11.8. The van der Waals surface area contributed by atoms with Gasteiger partial charge in [-0.25, -0.2) is 4.79 Å². The van der Waals surface area contributed by atoms with E-state index in [2.05, 4.69) is 0 Å². The molecule has 0 aromatic carbocycles. The van der Waals surface area contributed by atoms with Crippen molar-refractivity contribution in [2.24, 2.45) is 0 Å². The van der Waals surface area contributed by atoms with E-state index in [4.69, 9.17) is 46.0 Å². The van der Waals surface area contributed by atoms with E-state index in [1.54, 1.807) is 0 Å². The number of carbonyl (C=O) groups is 3. The molecule has 0 spiro atoms. The number of carboxylic acids is 3. The molecule has 0 saturated heterocycles. The summed E-state index contributed by atoms with van der Waals surface area (Å²) in [4.78, 5) is 30.5. The van der Waals surface area contributed by atoms with E-state index in [1.165, 1.54) is 0 Å². The molecule has 0 aromatic heterocycles. The molecule has 136 valence electrons. The molecule has 3 atom stereocenters. The van der Waals surface area contributed by atoms with Crippen molar-refractivity contribution in [2.75, 3.05) is 13.2 Å². The summed E-state index contributed by atoms with van der Waals surface area (Å²) in [6.07, 6.45) is -6.58. The number of hydrogen-bond acceptors (Lipinski definition) is 9. The average molecular weight is 344 g/mol. The van der Waals surface area contributed by atoms with Crippen LogP contribution in [-0.2, 0) is 14.4 Å². The minimum atomic E-state index is -2.74. The Hall–Kier alpha value is -1.83. The second-order valence-electron chi connectivity index (χ2n) is 4.47. The monoisotopic (exact) mass is 344 g/mol. The van der Waals surface area contributed by atoms with Crippen molar-refractivity contribution in [3.05, 3.63) is 0 Å². The summed E-state index contributed by atoms with van der Waals surface area (Å²) in [5, 5.41) is 76.4. The number of aliphatic hydroxyl groups excluding tert-OH is 5. The molecule has 0 saturated carbocycles. The Morgan fingerprint density at radius 3 is 1.26 bits per heavy atom. The predicted molar refractivity (Wildman–Crippen MR) is 69.3 cm³/mol. The number of hydrogen-bond donors (Lipinski definition) is 9. The van der Waals surface area contributed by atoms with E-state index in [0.29, 0.717) is 0 Å². The van der Waals surface area contributed by atoms with Crippen LogP contribution in [0.3, 0.4) is 0 Å². The molecular formula is C11H20O12. The van der Waals surface area contributed by atoms with E-state index in [0.717, 1.165) is 0 Å². The summed E-state index contributed by atoms with van der Waals surface area (Å²) in [6, 6.07) is 0. The van der Waals surface area contributed by atoms with Crippen LogP contribution in [0.4, 0.5) is 0 Å². The van der Waals surface area contributed by atoms with Gasteiger partial charge in [-0.1, -0.05) is 0 Å². The first-order valence-corrected chi connectivity index (χ1v) is 6.06. The smallest absolute Gasteiger partial charge is 0.336 e. The van der Waals surface area contributed by atoms with Gasteiger partial charge in [0.2, 0.25) is 0 Å². The van der Waals surface area contributed by atoms with Crippen LogP contribution in [0.2, 0.25) is 0 Å². The Bertz CT molecular complexity index is 368. The van der Waals surface area contributed by atoms with E-state index < -0.39 is 67.9 Å². The first-order chi connectivity index (χ1) is 10.4. The van der Waals surface area contributed by atoms with Crippen LogP contribution in [0.15, 0.2) is 0 Å². The quantitative estimate of drug-likeness (QED) is 0.194. The van der Waals surface area contributed by atoms with Crippen molar-refractivity contribution < 1.29 is 60.3 Å². The maximum Gasteiger partial charge on any atom is 0.336 e. The molecule has 12 heteroatoms. The van der Waals surface area contributed by atoms with Gasteiger partial charge in [0.05, 0.1) is 26.1 Å². The summed E-state index contributed by atoms with van der Waals surface area (Å²) < 4.78 is 0. The Balaban J connectivity index is 0. The van der Waals surface area contributed by atoms with Crippen molar-refractivity contribution in [3.63, 3.8) is 0 Å². The highest BCUT2D eigenvalue weighted by molar-refractivity contribution is 5.88. The van der Waals surface area contributed by atoms with Gasteiger partial charge < -0.3 is 46.0 Å². The second-order valence-corrected chi connectivity index (χ2v) is 4.47. The highest BCUT2D eigenvalue weighted by atomic mass is 16.4. The SMILES string of the molecule is O=C(O)CC(O)(CC(=O)O)C(=O)O.OC[C@@H](O)[C@H](O)[C@@H](O)CO. The fourth-order valence-corrected chi connectivity index (χ4v) is 1.19. The lowest BCUT2D eigenvalue weighted by Gasteiger charge is -2.19. The summed E-state index contributed by atoms with van der Waals surface area (Å²) in [6.45, 7) is -1.28. The van der Waals surface area contributed by atoms with E-state index in [9.17, 15) is 14.4 Å². The van der Waals surface area contributed by atoms with Crippen LogP contribution in [0, 0.1) is 0 Å². The van der Waals surface area contributed by atoms with Crippen molar-refractivity contribution in [3.8, 4) is 0 Å². The minimum Gasteiger partial charge on any atom is -0.481 e. The molecular weight excluding hydrogens is 324 g/mol. The van der Waals surface area contributed by atoms with Crippen LogP contribution in [0.1, 0.15) is 12.8 Å². The third-order valence-corrected chi connectivity index (χ3v) is 2.45. The third kappa shape index (κ3) is 9.72. The van der Waals surface area contributed by atoms with Crippen LogP contribution in [-0.4, -0.2) is 101 Å². The molecule has 0 fully saturated rings. The number of carboxylic acid groups (broad SMARTS) is 3. The summed E-state index contributed by atoms with van der Waals surface area (Å²) in [5.41, 5.74) is -2.74. The molecule has 0 bridgehead atoms. The molecule has 0 aromatic rings. The molecule has 0 unspecified atom stereocenters. The predicted octanol–water partition coefficient (Wildman–Crippen LogP) is -4.19. The van der Waals surface area contributed by atoms with Gasteiger partial charge in [-0.2, -0.15) is 0 Å². The lowest BCUT2D eigenvalue weighted by Crippen LogP contribution is -2.42. The van der Waals surface area contributed by atoms with Gasteiger partial charge in [0, 0.05) is 0 Å². The van der Waals surface area contributed by atoms with Crippen molar-refractivity contribution in [1.82, 2.24) is 0 Å². The topological polar surface area (TPSA) is 233 Å². The van der Waals surface area contributed by atoms with Gasteiger partial charge in [-0.3, -0.25) is 9.59 Å². The van der Waals surface area contributed by atoms with Gasteiger partial charge in [-0.15, -0.1) is 0 Å². The fraction of sp³-hybridized carbons (Fsp3) is 0.727. The van der Waals surface area contributed by atoms with Gasteiger partial charge >= 0.3 is 17.9 Å². The van der Waals surface area contributed by atoms with E-state index in [-0.39, 0.29) is 0 Å². The zero-order chi connectivity index (χ0) is 18.8. The first kappa shape index (κ1) is 23.4. The summed E-state index contributed by atoms with van der Waals surface area (Å²) >= 11 is 0. The Morgan fingerprint density at radius 1 is 0.783 bits per heavy atom. The Morgan fingerprint density at radius 2 is 1.09 bits per heavy atom. The highest BCUT2D eigenvalue weighted by Gasteiger charge is 2.40. The number of aliphatic hydroxyl groups is 6. The lowest BCUT2D eigenvalue weighted by molar-refractivity contribution is -0.170. The average Bonchev–Trinajstić information content (AvgIpc) is 2.43. The lowest BCUT2D eigenvalue weighted by atomic mass is 9.96. The summed E-state index contributed by atoms with van der Waals surface area (Å²) in [7, 11) is 0. The normalized spacial score (nSPS) is 14.9. The maximum atomic E-state index is 10.3. The molecule has 0 heterocycles. The van der Waals surface area contributed by atoms with Crippen LogP contribution >= 0.6 is 0 Å². The van der Waals surface area contributed by atoms with Crippen molar-refractivity contribution >= 4 is 17.9 Å². The maximum absolute atomic E-state index is 10.3. The molecule has 9 N–H and O–H groups in total. The van der Waals surface area contributed by atoms with Gasteiger partial charge in [-0.05, 0) is 0 Å². The van der Waals surface area contributed by atoms with Gasteiger partial charge in [0.15, 0.2) is 5.60 Å². The largest absolute Gasteiger partial charge is 0.481 e. The van der Waals surface area contributed by atoms with Gasteiger partial charge in [0.1, 0.15) is 18.3 Å². The summed E-state index contributed by atoms with van der Waals surface area (Å²) in [5.74, 6) is -5.02. The van der Waals surface area contributed by atoms with Crippen LogP contribution in [0.25, 0.3) is 0 Å². The number of rotatable bonds is 9. The molecule has 0 aliphatic carbocycles. The molecule has 0 rings (SSSR count). The van der Waals surface area contributed by atoms with Crippen molar-refractivity contribution in [2.45, 2.75) is 36.8 Å². The molecule has 23 heavy (non-hydrogen) atoms. The molecule has 0 amide bonds. The van der Waals surface area contributed by atoms with Crippen molar-refractivity contribution in [1.29, 1.82) is 0 Å². The fourth-order valence-electron chi connectivity index (χ4n) is 1.19. The Labute approximate surface area is 129 Å². The Kier molecular flexibility index (Phi) is 11.0. The van der Waals surface area contributed by atoms with E-state index >= 15 is 0 Å². The van der Waals surface area contributed by atoms with Crippen LogP contribution < -0.4 is 0 Å². The van der Waals surface area contributed by atoms with E-state index in [1.807, 2.05) is 0 Å². The minimum absolute atomic E-state index is 0.641. The highest BCUT2D eigenvalue weighted by Crippen LogP contribution is 2.15. The molecule has 0 aliphatic rings. The van der Waals surface area contributed by atoms with Crippen LogP contribution in [0.5, 0.6) is 0 Å². The second kappa shape index (κ2) is 10.8. The molecule has 0 radical (unpaired) electrons. The molecule has 0 aliphatic heterocycles. The first-order valence-electron chi connectivity index (χ1n) is 6.06. The zero-order valence-corrected chi connectivity index (χ0v) is 11.8. The van der Waals surface area contributed by atoms with Gasteiger partial charge in [0.25, 0.3) is 0 Å². The standard InChI is InChI=1S/C6H8O7.C5H12O5/c7-3(8)1-6(13,5(11)12)2-4(9)10;6-1-3(8)5(10)4(9)2-7/h13H,1-2H2,(H,7,8)(H,9,10)(H,11,12);3-10H,1-2H2/t;3-,4+,5+. The number of aliphatic carboxylic acids is 3. The molecule has 12 nitrogen and oxygen atoms in total.